The number of aromatic nitrogens is 1. The smallest absolute Gasteiger partial charge is 0.408 e. The Morgan fingerprint density at radius 2 is 1.17 bits per heavy atom. The van der Waals surface area contributed by atoms with Gasteiger partial charge in [-0.05, 0) is 72.4 Å². The van der Waals surface area contributed by atoms with Gasteiger partial charge in [0.15, 0.2) is 0 Å². The van der Waals surface area contributed by atoms with Crippen LogP contribution in [0.25, 0.3) is 22.5 Å². The molecular weight excluding hydrogens is 668 g/mol. The second-order valence-electron chi connectivity index (χ2n) is 16.1. The van der Waals surface area contributed by atoms with Gasteiger partial charge < -0.3 is 24.8 Å². The third-order valence-corrected chi connectivity index (χ3v) is 10.6. The zero-order valence-corrected chi connectivity index (χ0v) is 31.8. The van der Waals surface area contributed by atoms with E-state index in [1.165, 1.54) is 0 Å². The molecule has 0 unspecified atom stereocenters. The van der Waals surface area contributed by atoms with Crippen LogP contribution in [-0.4, -0.2) is 118 Å². The molecule has 4 heterocycles. The minimum Gasteiger partial charge on any atom is -0.444 e. The van der Waals surface area contributed by atoms with Crippen LogP contribution < -0.4 is 5.32 Å². The fourth-order valence-corrected chi connectivity index (χ4v) is 7.69. The van der Waals surface area contributed by atoms with Gasteiger partial charge in [0.05, 0.1) is 11.4 Å². The van der Waals surface area contributed by atoms with Gasteiger partial charge in [0, 0.05) is 81.0 Å². The molecule has 0 aliphatic carbocycles. The number of piperazine rings is 1. The molecule has 1 N–H and O–H groups in total. The van der Waals surface area contributed by atoms with E-state index in [0.717, 1.165) is 61.5 Å². The van der Waals surface area contributed by atoms with Gasteiger partial charge in [-0.3, -0.25) is 19.3 Å². The predicted molar refractivity (Wildman–Crippen MR) is 205 cm³/mol. The lowest BCUT2D eigenvalue weighted by Gasteiger charge is -2.44. The summed E-state index contributed by atoms with van der Waals surface area (Å²) < 4.78 is 5.35. The van der Waals surface area contributed by atoms with Crippen molar-refractivity contribution in [3.8, 4) is 22.5 Å². The summed E-state index contributed by atoms with van der Waals surface area (Å²) in [5, 5.41) is 2.70. The highest BCUT2D eigenvalue weighted by Gasteiger charge is 2.39. The Labute approximate surface area is 313 Å². The van der Waals surface area contributed by atoms with Crippen molar-refractivity contribution in [2.24, 2.45) is 5.92 Å². The molecule has 282 valence electrons. The number of benzene rings is 2. The van der Waals surface area contributed by atoms with Gasteiger partial charge in [0.25, 0.3) is 5.91 Å². The number of ether oxygens (including phenoxy) is 1. The first-order valence-electron chi connectivity index (χ1n) is 19.0. The molecule has 1 aromatic heterocycles. The molecule has 11 nitrogen and oxygen atoms in total. The number of pyridine rings is 1. The van der Waals surface area contributed by atoms with Gasteiger partial charge in [-0.25, -0.2) is 9.78 Å². The van der Waals surface area contributed by atoms with Crippen LogP contribution in [0.15, 0.2) is 72.8 Å². The Bertz CT molecular complexity index is 1690. The Kier molecular flexibility index (Phi) is 11.5. The molecule has 0 saturated carbocycles. The number of carbonyl (C=O) groups excluding carboxylic acids is 4. The number of hydrogen-bond acceptors (Lipinski definition) is 7. The number of nitrogens with one attached hydrogen (secondary N) is 1. The summed E-state index contributed by atoms with van der Waals surface area (Å²) in [6.07, 6.45) is 2.42. The van der Waals surface area contributed by atoms with Crippen molar-refractivity contribution in [3.05, 3.63) is 78.4 Å². The van der Waals surface area contributed by atoms with Gasteiger partial charge in [-0.1, -0.05) is 60.7 Å². The highest BCUT2D eigenvalue weighted by atomic mass is 16.6. The van der Waals surface area contributed by atoms with Crippen LogP contribution in [0.5, 0.6) is 0 Å². The van der Waals surface area contributed by atoms with E-state index in [1.54, 1.807) is 39.5 Å². The van der Waals surface area contributed by atoms with Crippen LogP contribution in [0.4, 0.5) is 4.79 Å². The lowest BCUT2D eigenvalue weighted by Crippen LogP contribution is -2.58. The molecule has 53 heavy (non-hydrogen) atoms. The molecule has 0 atom stereocenters. The Morgan fingerprint density at radius 3 is 1.68 bits per heavy atom. The fraction of sp³-hybridized carbons (Fsp3) is 0.500. The van der Waals surface area contributed by atoms with Gasteiger partial charge in [-0.2, -0.15) is 0 Å². The van der Waals surface area contributed by atoms with E-state index in [9.17, 15) is 19.2 Å². The van der Waals surface area contributed by atoms with Crippen LogP contribution >= 0.6 is 0 Å². The Hall–Kier alpha value is -4.77. The summed E-state index contributed by atoms with van der Waals surface area (Å²) in [7, 11) is 0. The zero-order valence-electron chi connectivity index (χ0n) is 31.8. The van der Waals surface area contributed by atoms with Crippen molar-refractivity contribution in [3.63, 3.8) is 0 Å². The molecule has 6 rings (SSSR count). The topological polar surface area (TPSA) is 115 Å². The molecule has 3 aromatic rings. The monoisotopic (exact) mass is 722 g/mol. The number of carbonyl (C=O) groups is 4. The molecule has 3 aliphatic heterocycles. The third kappa shape index (κ3) is 9.43. The second kappa shape index (κ2) is 16.1. The van der Waals surface area contributed by atoms with Crippen LogP contribution in [0, 0.1) is 5.92 Å². The average molecular weight is 723 g/mol. The normalized spacial score (nSPS) is 18.1. The Balaban J connectivity index is 0.976. The van der Waals surface area contributed by atoms with E-state index in [4.69, 9.17) is 9.72 Å². The van der Waals surface area contributed by atoms with Crippen LogP contribution in [0.2, 0.25) is 0 Å². The molecule has 11 heteroatoms. The number of likely N-dealkylation sites (tertiary alicyclic amines) is 2. The van der Waals surface area contributed by atoms with E-state index in [-0.39, 0.29) is 23.6 Å². The zero-order chi connectivity index (χ0) is 37.8. The van der Waals surface area contributed by atoms with E-state index in [1.807, 2.05) is 82.6 Å². The number of piperidine rings is 2. The first-order chi connectivity index (χ1) is 25.3. The van der Waals surface area contributed by atoms with Gasteiger partial charge >= 0.3 is 6.09 Å². The first-order valence-corrected chi connectivity index (χ1v) is 19.0. The maximum atomic E-state index is 13.9. The van der Waals surface area contributed by atoms with Crippen molar-refractivity contribution >= 4 is 23.8 Å². The van der Waals surface area contributed by atoms with E-state index in [0.29, 0.717) is 50.6 Å². The molecule has 4 amide bonds. The molecule has 3 aliphatic rings. The summed E-state index contributed by atoms with van der Waals surface area (Å²) in [4.78, 5) is 66.2. The summed E-state index contributed by atoms with van der Waals surface area (Å²) in [6.45, 7) is 14.0. The highest BCUT2D eigenvalue weighted by molar-refractivity contribution is 5.96. The van der Waals surface area contributed by atoms with E-state index in [2.05, 4.69) is 10.2 Å². The first kappa shape index (κ1) is 38.0. The van der Waals surface area contributed by atoms with Crippen molar-refractivity contribution in [2.75, 3.05) is 52.4 Å². The SMILES string of the molecule is CC(C)(C)OC(=O)NC(C)(C)C(=O)N1CCC(C(=O)N2CCC(N3CCN(C(=O)c4cc(-c5ccccc5)nc(-c5ccccc5)c4)CC3)CC2)CC1. The summed E-state index contributed by atoms with van der Waals surface area (Å²) in [5.41, 5.74) is 2.39. The van der Waals surface area contributed by atoms with Gasteiger partial charge in [0.1, 0.15) is 11.1 Å². The number of alkyl carbamates (subject to hydrolysis) is 1. The van der Waals surface area contributed by atoms with Crippen LogP contribution in [-0.2, 0) is 14.3 Å². The maximum absolute atomic E-state index is 13.9. The molecule has 0 spiro atoms. The lowest BCUT2D eigenvalue weighted by molar-refractivity contribution is -0.144. The number of nitrogens with zero attached hydrogens (tertiary/aromatic N) is 5. The maximum Gasteiger partial charge on any atom is 0.408 e. The largest absolute Gasteiger partial charge is 0.444 e. The predicted octanol–water partition coefficient (Wildman–Crippen LogP) is 5.71. The minimum absolute atomic E-state index is 0.0254. The molecule has 2 aromatic carbocycles. The molecule has 3 fully saturated rings. The van der Waals surface area contributed by atoms with Crippen LogP contribution in [0.1, 0.15) is 70.7 Å². The second-order valence-corrected chi connectivity index (χ2v) is 16.1. The van der Waals surface area contributed by atoms with Crippen molar-refractivity contribution in [2.45, 2.75) is 77.5 Å². The van der Waals surface area contributed by atoms with Crippen LogP contribution in [0.3, 0.4) is 0 Å². The van der Waals surface area contributed by atoms with E-state index < -0.39 is 17.2 Å². The fourth-order valence-electron chi connectivity index (χ4n) is 7.69. The molecule has 3 saturated heterocycles. The Morgan fingerprint density at radius 1 is 0.660 bits per heavy atom. The molecule has 0 bridgehead atoms. The summed E-state index contributed by atoms with van der Waals surface area (Å²) >= 11 is 0. The molecule has 0 radical (unpaired) electrons. The highest BCUT2D eigenvalue weighted by Crippen LogP contribution is 2.28. The summed E-state index contributed by atoms with van der Waals surface area (Å²) in [6, 6.07) is 24.2. The lowest BCUT2D eigenvalue weighted by atomic mass is 9.92. The number of amides is 4. The molecular formula is C42H54N6O5. The van der Waals surface area contributed by atoms with Crippen molar-refractivity contribution < 1.29 is 23.9 Å². The van der Waals surface area contributed by atoms with E-state index >= 15 is 0 Å². The summed E-state index contributed by atoms with van der Waals surface area (Å²) in [5.74, 6) is -0.0757. The van der Waals surface area contributed by atoms with Crippen molar-refractivity contribution in [1.82, 2.24) is 29.9 Å². The number of hydrogen-bond donors (Lipinski definition) is 1. The number of rotatable bonds is 7. The quantitative estimate of drug-likeness (QED) is 0.333. The van der Waals surface area contributed by atoms with Crippen molar-refractivity contribution in [1.29, 1.82) is 0 Å². The standard InChI is InChI=1S/C42H54N6O5/c1-41(2,3)53-40(52)44-42(4,5)39(51)48-20-16-32(17-21-48)37(49)46-22-18-34(19-23-46)45-24-26-47(27-25-45)38(50)33-28-35(30-12-8-6-9-13-30)43-36(29-33)31-14-10-7-11-15-31/h6-15,28-29,32,34H,16-27H2,1-5H3,(H,44,52). The third-order valence-electron chi connectivity index (χ3n) is 10.6. The van der Waals surface area contributed by atoms with Gasteiger partial charge in [-0.15, -0.1) is 0 Å². The minimum atomic E-state index is -1.11. The van der Waals surface area contributed by atoms with Gasteiger partial charge in [0.2, 0.25) is 11.8 Å². The average Bonchev–Trinajstić information content (AvgIpc) is 3.16.